The molecule has 0 aliphatic heterocycles. The second kappa shape index (κ2) is 6.15. The van der Waals surface area contributed by atoms with Gasteiger partial charge in [-0.25, -0.2) is 0 Å². The Morgan fingerprint density at radius 2 is 1.65 bits per heavy atom. The van der Waals surface area contributed by atoms with E-state index >= 15 is 0 Å². The molecule has 0 spiro atoms. The lowest BCUT2D eigenvalue weighted by Crippen LogP contribution is -2.43. The van der Waals surface area contributed by atoms with E-state index in [1.165, 1.54) is 0 Å². The van der Waals surface area contributed by atoms with Gasteiger partial charge in [0.1, 0.15) is 0 Å². The fourth-order valence-electron chi connectivity index (χ4n) is 3.28. The first kappa shape index (κ1) is 17.0. The number of carboxylic acid groups (broad SMARTS) is 1. The summed E-state index contributed by atoms with van der Waals surface area (Å²) in [6.07, 6.45) is 1.83. The first-order valence-corrected chi connectivity index (χ1v) is 7.71. The first-order valence-electron chi connectivity index (χ1n) is 7.71. The lowest BCUT2D eigenvalue weighted by molar-refractivity contribution is -0.143. The summed E-state index contributed by atoms with van der Waals surface area (Å²) in [6, 6.07) is 0.218. The van der Waals surface area contributed by atoms with Crippen molar-refractivity contribution in [2.45, 2.75) is 60.4 Å². The van der Waals surface area contributed by atoms with Gasteiger partial charge in [0.05, 0.1) is 11.8 Å². The predicted molar refractivity (Wildman–Crippen MR) is 79.3 cm³/mol. The average molecular weight is 283 g/mol. The van der Waals surface area contributed by atoms with Gasteiger partial charge in [-0.15, -0.1) is 0 Å². The number of rotatable bonds is 7. The molecule has 116 valence electrons. The van der Waals surface area contributed by atoms with Crippen molar-refractivity contribution < 1.29 is 14.7 Å². The predicted octanol–water partition coefficient (Wildman–Crippen LogP) is 3.02. The molecule has 1 saturated carbocycles. The monoisotopic (exact) mass is 283 g/mol. The Morgan fingerprint density at radius 3 is 1.95 bits per heavy atom. The maximum atomic E-state index is 12.8. The van der Waals surface area contributed by atoms with Crippen molar-refractivity contribution >= 4 is 11.9 Å². The molecule has 4 heteroatoms. The summed E-state index contributed by atoms with van der Waals surface area (Å²) in [5.41, 5.74) is -0.413. The number of hydrogen-bond donors (Lipinski definition) is 1. The van der Waals surface area contributed by atoms with Crippen LogP contribution in [0.25, 0.3) is 0 Å². The lowest BCUT2D eigenvalue weighted by atomic mass is 10.0. The van der Waals surface area contributed by atoms with Crippen LogP contribution in [0.4, 0.5) is 0 Å². The summed E-state index contributed by atoms with van der Waals surface area (Å²) < 4.78 is 0. The second-order valence-corrected chi connectivity index (χ2v) is 6.97. The Kier molecular flexibility index (Phi) is 5.22. The van der Waals surface area contributed by atoms with Crippen molar-refractivity contribution in [3.05, 3.63) is 0 Å². The van der Waals surface area contributed by atoms with E-state index in [0.29, 0.717) is 12.5 Å². The Labute approximate surface area is 122 Å². The van der Waals surface area contributed by atoms with Crippen LogP contribution < -0.4 is 0 Å². The van der Waals surface area contributed by atoms with Crippen LogP contribution in [0.3, 0.4) is 0 Å². The number of aliphatic carboxylic acids is 1. The molecule has 1 rings (SSSR count). The van der Waals surface area contributed by atoms with E-state index in [2.05, 4.69) is 27.7 Å². The highest BCUT2D eigenvalue weighted by atomic mass is 16.4. The number of amides is 1. The fourth-order valence-corrected chi connectivity index (χ4v) is 3.28. The first-order chi connectivity index (χ1) is 9.18. The maximum Gasteiger partial charge on any atom is 0.307 e. The minimum Gasteiger partial charge on any atom is -0.481 e. The third-order valence-electron chi connectivity index (χ3n) is 4.59. The fraction of sp³-hybridized carbons (Fsp3) is 0.875. The average Bonchev–Trinajstić information content (AvgIpc) is 2.91. The molecule has 0 bridgehead atoms. The van der Waals surface area contributed by atoms with Crippen molar-refractivity contribution in [1.29, 1.82) is 0 Å². The van der Waals surface area contributed by atoms with Gasteiger partial charge >= 0.3 is 5.97 Å². The molecule has 1 aliphatic rings. The van der Waals surface area contributed by atoms with Gasteiger partial charge in [-0.1, -0.05) is 41.5 Å². The third kappa shape index (κ3) is 3.15. The normalized spacial score (nSPS) is 24.0. The van der Waals surface area contributed by atoms with E-state index in [1.54, 1.807) is 0 Å². The third-order valence-corrected chi connectivity index (χ3v) is 4.59. The lowest BCUT2D eigenvalue weighted by Gasteiger charge is -2.32. The van der Waals surface area contributed by atoms with E-state index in [0.717, 1.165) is 12.8 Å². The van der Waals surface area contributed by atoms with Gasteiger partial charge in [0, 0.05) is 12.6 Å². The molecule has 20 heavy (non-hydrogen) atoms. The Hall–Kier alpha value is -1.06. The standard InChI is InChI=1S/C16H29NO3/c1-7-11(8-2)17(9-10(3)4)14(18)12-13(15(19)20)16(12,5)6/h10-13H,7-9H2,1-6H3,(H,19,20)/t12-,13+/m1/s1. The van der Waals surface area contributed by atoms with E-state index in [-0.39, 0.29) is 17.9 Å². The highest BCUT2D eigenvalue weighted by molar-refractivity contribution is 5.91. The Bertz CT molecular complexity index is 372. The molecule has 2 atom stereocenters. The largest absolute Gasteiger partial charge is 0.481 e. The molecule has 0 aromatic rings. The molecule has 1 amide bonds. The van der Waals surface area contributed by atoms with Gasteiger partial charge in [-0.3, -0.25) is 9.59 Å². The Balaban J connectivity index is 2.92. The number of hydrogen-bond acceptors (Lipinski definition) is 2. The van der Waals surface area contributed by atoms with E-state index in [4.69, 9.17) is 0 Å². The van der Waals surface area contributed by atoms with Crippen LogP contribution in [0.1, 0.15) is 54.4 Å². The molecule has 0 aromatic carbocycles. The summed E-state index contributed by atoms with van der Waals surface area (Å²) in [6.45, 7) is 12.8. The van der Waals surface area contributed by atoms with Crippen LogP contribution in [0.5, 0.6) is 0 Å². The quantitative estimate of drug-likeness (QED) is 0.781. The number of carboxylic acids is 1. The molecule has 1 N–H and O–H groups in total. The highest BCUT2D eigenvalue weighted by Crippen LogP contribution is 2.59. The van der Waals surface area contributed by atoms with Gasteiger partial charge in [-0.05, 0) is 24.2 Å². The van der Waals surface area contributed by atoms with E-state index in [1.807, 2.05) is 18.7 Å². The number of nitrogens with zero attached hydrogens (tertiary/aromatic N) is 1. The van der Waals surface area contributed by atoms with E-state index in [9.17, 15) is 14.7 Å². The van der Waals surface area contributed by atoms with Crippen LogP contribution in [0.2, 0.25) is 0 Å². The van der Waals surface area contributed by atoms with Crippen molar-refractivity contribution in [2.24, 2.45) is 23.2 Å². The van der Waals surface area contributed by atoms with Crippen molar-refractivity contribution in [3.8, 4) is 0 Å². The smallest absolute Gasteiger partial charge is 0.307 e. The van der Waals surface area contributed by atoms with Gasteiger partial charge < -0.3 is 10.0 Å². The van der Waals surface area contributed by atoms with Crippen LogP contribution in [-0.2, 0) is 9.59 Å². The zero-order chi connectivity index (χ0) is 15.7. The van der Waals surface area contributed by atoms with E-state index < -0.39 is 17.3 Å². The van der Waals surface area contributed by atoms with Crippen LogP contribution in [0.15, 0.2) is 0 Å². The minimum absolute atomic E-state index is 0.0322. The summed E-state index contributed by atoms with van der Waals surface area (Å²) in [5.74, 6) is -1.31. The van der Waals surface area contributed by atoms with Crippen molar-refractivity contribution in [2.75, 3.05) is 6.54 Å². The molecule has 1 aliphatic carbocycles. The van der Waals surface area contributed by atoms with Gasteiger partial charge in [-0.2, -0.15) is 0 Å². The van der Waals surface area contributed by atoms with Gasteiger partial charge in [0.25, 0.3) is 0 Å². The minimum atomic E-state index is -0.845. The molecule has 0 saturated heterocycles. The molecule has 0 radical (unpaired) electrons. The van der Waals surface area contributed by atoms with Gasteiger partial charge in [0.2, 0.25) is 5.91 Å². The molecule has 1 fully saturated rings. The molecule has 0 heterocycles. The summed E-state index contributed by atoms with van der Waals surface area (Å²) >= 11 is 0. The second-order valence-electron chi connectivity index (χ2n) is 6.97. The summed E-state index contributed by atoms with van der Waals surface area (Å²) in [7, 11) is 0. The van der Waals surface area contributed by atoms with Crippen molar-refractivity contribution in [1.82, 2.24) is 4.90 Å². The number of carbonyl (C=O) groups excluding carboxylic acids is 1. The van der Waals surface area contributed by atoms with Crippen molar-refractivity contribution in [3.63, 3.8) is 0 Å². The molecule has 0 unspecified atom stereocenters. The highest BCUT2D eigenvalue weighted by Gasteiger charge is 2.66. The Morgan fingerprint density at radius 1 is 1.15 bits per heavy atom. The molecular weight excluding hydrogens is 254 g/mol. The summed E-state index contributed by atoms with van der Waals surface area (Å²) in [4.78, 5) is 26.0. The zero-order valence-electron chi connectivity index (χ0n) is 13.6. The molecular formula is C16H29NO3. The van der Waals surface area contributed by atoms with Gasteiger partial charge in [0.15, 0.2) is 0 Å². The molecule has 4 nitrogen and oxygen atoms in total. The molecule has 0 aromatic heterocycles. The van der Waals surface area contributed by atoms with Crippen LogP contribution in [-0.4, -0.2) is 34.5 Å². The van der Waals surface area contributed by atoms with Crippen LogP contribution in [0, 0.1) is 23.2 Å². The number of carbonyl (C=O) groups is 2. The van der Waals surface area contributed by atoms with Crippen LogP contribution >= 0.6 is 0 Å². The summed E-state index contributed by atoms with van der Waals surface area (Å²) in [5, 5.41) is 9.25. The SMILES string of the molecule is CCC(CC)N(CC(C)C)C(=O)[C@H]1[C@@H](C(=O)O)C1(C)C. The topological polar surface area (TPSA) is 57.6 Å². The maximum absolute atomic E-state index is 12.8. The zero-order valence-corrected chi connectivity index (χ0v) is 13.6.